The van der Waals surface area contributed by atoms with E-state index in [9.17, 15) is 4.79 Å². The lowest BCUT2D eigenvalue weighted by Crippen LogP contribution is -2.35. The van der Waals surface area contributed by atoms with Crippen molar-refractivity contribution in [3.05, 3.63) is 0 Å². The van der Waals surface area contributed by atoms with Crippen LogP contribution in [-0.2, 0) is 0 Å². The fourth-order valence-electron chi connectivity index (χ4n) is 1.27. The van der Waals surface area contributed by atoms with Gasteiger partial charge >= 0.3 is 6.03 Å². The Balaban J connectivity index is 2.19. The number of carbonyl (C=O) groups is 1. The maximum atomic E-state index is 10.4. The molecule has 64 valence electrons. The molecule has 0 aromatic rings. The highest BCUT2D eigenvalue weighted by Gasteiger charge is 2.41. The van der Waals surface area contributed by atoms with Crippen molar-refractivity contribution in [3.8, 4) is 0 Å². The number of hydrogen-bond acceptors (Lipinski definition) is 2. The number of urea groups is 1. The molecule has 1 aliphatic carbocycles. The second-order valence-corrected chi connectivity index (χ2v) is 3.26. The Bertz CT molecular complexity index is 154. The van der Waals surface area contributed by atoms with Gasteiger partial charge in [0.25, 0.3) is 0 Å². The van der Waals surface area contributed by atoms with Gasteiger partial charge in [-0.2, -0.15) is 0 Å². The standard InChI is InChI=1S/C7H15N3O/c8-4-3-7(1-2-7)5-10-6(9)11/h1-5,8H2,(H3,9,10,11). The monoisotopic (exact) mass is 157 g/mol. The molecule has 0 aromatic carbocycles. The average Bonchev–Trinajstić information content (AvgIpc) is 2.67. The van der Waals surface area contributed by atoms with Gasteiger partial charge in [0.15, 0.2) is 0 Å². The van der Waals surface area contributed by atoms with Crippen LogP contribution in [-0.4, -0.2) is 19.1 Å². The van der Waals surface area contributed by atoms with Gasteiger partial charge in [-0.15, -0.1) is 0 Å². The molecule has 0 aliphatic heterocycles. The zero-order chi connectivity index (χ0) is 8.32. The van der Waals surface area contributed by atoms with E-state index in [1.807, 2.05) is 0 Å². The first-order chi connectivity index (χ1) is 5.18. The number of hydrogen-bond donors (Lipinski definition) is 3. The lowest BCUT2D eigenvalue weighted by molar-refractivity contribution is 0.246. The van der Waals surface area contributed by atoms with Gasteiger partial charge in [-0.3, -0.25) is 0 Å². The molecule has 0 heterocycles. The number of carbonyl (C=O) groups excluding carboxylic acids is 1. The lowest BCUT2D eigenvalue weighted by Gasteiger charge is -2.12. The van der Waals surface area contributed by atoms with Crippen molar-refractivity contribution < 1.29 is 4.79 Å². The van der Waals surface area contributed by atoms with E-state index in [2.05, 4.69) is 5.32 Å². The van der Waals surface area contributed by atoms with Gasteiger partial charge in [0.2, 0.25) is 0 Å². The highest BCUT2D eigenvalue weighted by molar-refractivity contribution is 5.71. The van der Waals surface area contributed by atoms with E-state index < -0.39 is 6.03 Å². The Morgan fingerprint density at radius 1 is 1.55 bits per heavy atom. The molecule has 0 bridgehead atoms. The third kappa shape index (κ3) is 2.38. The van der Waals surface area contributed by atoms with Crippen LogP contribution in [0.1, 0.15) is 19.3 Å². The summed E-state index contributed by atoms with van der Waals surface area (Å²) in [7, 11) is 0. The van der Waals surface area contributed by atoms with E-state index in [1.165, 1.54) is 12.8 Å². The first-order valence-corrected chi connectivity index (χ1v) is 3.92. The molecule has 4 heteroatoms. The smallest absolute Gasteiger partial charge is 0.312 e. The van der Waals surface area contributed by atoms with Crippen LogP contribution in [0.5, 0.6) is 0 Å². The van der Waals surface area contributed by atoms with Gasteiger partial charge < -0.3 is 16.8 Å². The third-order valence-corrected chi connectivity index (χ3v) is 2.27. The van der Waals surface area contributed by atoms with E-state index in [1.54, 1.807) is 0 Å². The summed E-state index contributed by atoms with van der Waals surface area (Å²) < 4.78 is 0. The predicted octanol–water partition coefficient (Wildman–Crippen LogP) is -0.216. The molecular formula is C7H15N3O. The fraction of sp³-hybridized carbons (Fsp3) is 0.857. The molecule has 4 nitrogen and oxygen atoms in total. The van der Waals surface area contributed by atoms with Crippen molar-refractivity contribution >= 4 is 6.03 Å². The van der Waals surface area contributed by atoms with Crippen LogP contribution in [0.3, 0.4) is 0 Å². The SMILES string of the molecule is NCCC1(CNC(N)=O)CC1. The molecule has 0 saturated heterocycles. The van der Waals surface area contributed by atoms with Crippen LogP contribution in [0.15, 0.2) is 0 Å². The van der Waals surface area contributed by atoms with Crippen LogP contribution in [0, 0.1) is 5.41 Å². The topological polar surface area (TPSA) is 81.1 Å². The maximum Gasteiger partial charge on any atom is 0.312 e. The Hall–Kier alpha value is -0.770. The molecule has 5 N–H and O–H groups in total. The number of amides is 2. The molecule has 0 unspecified atom stereocenters. The number of rotatable bonds is 4. The summed E-state index contributed by atoms with van der Waals surface area (Å²) in [4.78, 5) is 10.4. The molecule has 1 fully saturated rings. The molecule has 11 heavy (non-hydrogen) atoms. The molecule has 1 rings (SSSR count). The van der Waals surface area contributed by atoms with Crippen LogP contribution in [0.4, 0.5) is 4.79 Å². The van der Waals surface area contributed by atoms with E-state index in [0.717, 1.165) is 6.42 Å². The summed E-state index contributed by atoms with van der Waals surface area (Å²) >= 11 is 0. The van der Waals surface area contributed by atoms with Crippen molar-refractivity contribution in [3.63, 3.8) is 0 Å². The third-order valence-electron chi connectivity index (χ3n) is 2.27. The van der Waals surface area contributed by atoms with E-state index in [4.69, 9.17) is 11.5 Å². The van der Waals surface area contributed by atoms with E-state index >= 15 is 0 Å². The average molecular weight is 157 g/mol. The molecular weight excluding hydrogens is 142 g/mol. The van der Waals surface area contributed by atoms with Crippen LogP contribution >= 0.6 is 0 Å². The summed E-state index contributed by atoms with van der Waals surface area (Å²) in [6, 6.07) is -0.437. The van der Waals surface area contributed by atoms with Crippen LogP contribution < -0.4 is 16.8 Å². The molecule has 1 aliphatic rings. The fourth-order valence-corrected chi connectivity index (χ4v) is 1.27. The number of primary amides is 1. The maximum absolute atomic E-state index is 10.4. The summed E-state index contributed by atoms with van der Waals surface area (Å²) in [5.41, 5.74) is 10.7. The molecule has 2 amide bonds. The van der Waals surface area contributed by atoms with Gasteiger partial charge in [-0.25, -0.2) is 4.79 Å². The highest BCUT2D eigenvalue weighted by atomic mass is 16.2. The first-order valence-electron chi connectivity index (χ1n) is 3.92. The van der Waals surface area contributed by atoms with E-state index in [0.29, 0.717) is 18.5 Å². The quantitative estimate of drug-likeness (QED) is 0.527. The number of nitrogens with two attached hydrogens (primary N) is 2. The van der Waals surface area contributed by atoms with Crippen molar-refractivity contribution in [1.29, 1.82) is 0 Å². The molecule has 0 radical (unpaired) electrons. The van der Waals surface area contributed by atoms with Crippen molar-refractivity contribution in [2.24, 2.45) is 16.9 Å². The molecule has 0 atom stereocenters. The van der Waals surface area contributed by atoms with Crippen molar-refractivity contribution in [1.82, 2.24) is 5.32 Å². The zero-order valence-electron chi connectivity index (χ0n) is 6.60. The molecule has 1 saturated carbocycles. The first kappa shape index (κ1) is 8.33. The van der Waals surface area contributed by atoms with Crippen LogP contribution in [0.2, 0.25) is 0 Å². The van der Waals surface area contributed by atoms with Crippen molar-refractivity contribution in [2.75, 3.05) is 13.1 Å². The predicted molar refractivity (Wildman–Crippen MR) is 42.9 cm³/mol. The second-order valence-electron chi connectivity index (χ2n) is 3.26. The Labute approximate surface area is 66.3 Å². The molecule has 0 spiro atoms. The number of nitrogens with one attached hydrogen (secondary N) is 1. The van der Waals surface area contributed by atoms with Crippen LogP contribution in [0.25, 0.3) is 0 Å². The normalized spacial score (nSPS) is 19.4. The van der Waals surface area contributed by atoms with Gasteiger partial charge in [-0.05, 0) is 31.2 Å². The van der Waals surface area contributed by atoms with Gasteiger partial charge in [0, 0.05) is 6.54 Å². The largest absolute Gasteiger partial charge is 0.352 e. The highest BCUT2D eigenvalue weighted by Crippen LogP contribution is 2.47. The zero-order valence-corrected chi connectivity index (χ0v) is 6.60. The minimum Gasteiger partial charge on any atom is -0.352 e. The molecule has 0 aromatic heterocycles. The summed E-state index contributed by atoms with van der Waals surface area (Å²) in [6.45, 7) is 1.39. The summed E-state index contributed by atoms with van der Waals surface area (Å²) in [6.07, 6.45) is 3.34. The van der Waals surface area contributed by atoms with Gasteiger partial charge in [-0.1, -0.05) is 0 Å². The second kappa shape index (κ2) is 3.09. The van der Waals surface area contributed by atoms with Gasteiger partial charge in [0.05, 0.1) is 0 Å². The summed E-state index contributed by atoms with van der Waals surface area (Å²) in [5.74, 6) is 0. The van der Waals surface area contributed by atoms with Crippen molar-refractivity contribution in [2.45, 2.75) is 19.3 Å². The van der Waals surface area contributed by atoms with E-state index in [-0.39, 0.29) is 0 Å². The minimum atomic E-state index is -0.437. The minimum absolute atomic E-state index is 0.295. The Morgan fingerprint density at radius 2 is 2.18 bits per heavy atom. The Morgan fingerprint density at radius 3 is 2.55 bits per heavy atom. The summed E-state index contributed by atoms with van der Waals surface area (Å²) in [5, 5.41) is 2.62. The Kier molecular flexibility index (Phi) is 2.34. The lowest BCUT2D eigenvalue weighted by atomic mass is 10.0. The van der Waals surface area contributed by atoms with Gasteiger partial charge in [0.1, 0.15) is 0 Å².